The second kappa shape index (κ2) is 4.71. The van der Waals surface area contributed by atoms with E-state index in [1.54, 1.807) is 0 Å². The van der Waals surface area contributed by atoms with E-state index >= 15 is 0 Å². The quantitative estimate of drug-likeness (QED) is 0.750. The second-order valence-electron chi connectivity index (χ2n) is 5.45. The van der Waals surface area contributed by atoms with Crippen LogP contribution in [0.1, 0.15) is 23.1 Å². The Kier molecular flexibility index (Phi) is 2.73. The van der Waals surface area contributed by atoms with Gasteiger partial charge in [0.1, 0.15) is 5.58 Å². The molecule has 20 heavy (non-hydrogen) atoms. The molecule has 2 aromatic carbocycles. The maximum absolute atomic E-state index is 5.57. The Balaban J connectivity index is 1.55. The van der Waals surface area contributed by atoms with Crippen LogP contribution in [0.5, 0.6) is 0 Å². The van der Waals surface area contributed by atoms with Gasteiger partial charge in [0.2, 0.25) is 0 Å². The first-order valence-electron chi connectivity index (χ1n) is 7.21. The third-order valence-electron chi connectivity index (χ3n) is 4.14. The largest absolute Gasteiger partial charge is 0.464 e. The van der Waals surface area contributed by atoms with Gasteiger partial charge in [-0.2, -0.15) is 0 Å². The average Bonchev–Trinajstić information content (AvgIpc) is 3.11. The summed E-state index contributed by atoms with van der Waals surface area (Å²) in [4.78, 5) is 0. The molecule has 0 bridgehead atoms. The molecule has 0 amide bonds. The van der Waals surface area contributed by atoms with Crippen molar-refractivity contribution < 1.29 is 4.42 Å². The summed E-state index contributed by atoms with van der Waals surface area (Å²) >= 11 is 0. The SMILES string of the molecule is c1ccc2c(CNc3ccc4c(c3)CCC4)coc2c1. The van der Waals surface area contributed by atoms with E-state index in [4.69, 9.17) is 4.42 Å². The molecular formula is C18H17NO. The first-order chi connectivity index (χ1) is 9.90. The molecular weight excluding hydrogens is 246 g/mol. The predicted molar refractivity (Wildman–Crippen MR) is 82.0 cm³/mol. The molecule has 0 saturated heterocycles. The molecule has 0 fully saturated rings. The zero-order valence-corrected chi connectivity index (χ0v) is 11.4. The van der Waals surface area contributed by atoms with Crippen LogP contribution in [0.25, 0.3) is 11.0 Å². The number of anilines is 1. The van der Waals surface area contributed by atoms with E-state index < -0.39 is 0 Å². The van der Waals surface area contributed by atoms with Crippen LogP contribution in [0.15, 0.2) is 53.1 Å². The summed E-state index contributed by atoms with van der Waals surface area (Å²) in [6, 6.07) is 14.9. The van der Waals surface area contributed by atoms with Crippen molar-refractivity contribution in [1.29, 1.82) is 0 Å². The van der Waals surface area contributed by atoms with Crippen molar-refractivity contribution in [3.63, 3.8) is 0 Å². The van der Waals surface area contributed by atoms with Crippen molar-refractivity contribution in [2.75, 3.05) is 5.32 Å². The van der Waals surface area contributed by atoms with E-state index in [0.29, 0.717) is 0 Å². The highest BCUT2D eigenvalue weighted by Crippen LogP contribution is 2.26. The van der Waals surface area contributed by atoms with Crippen molar-refractivity contribution >= 4 is 16.7 Å². The Labute approximate surface area is 118 Å². The Morgan fingerprint density at radius 3 is 2.90 bits per heavy atom. The lowest BCUT2D eigenvalue weighted by Crippen LogP contribution is -1.99. The van der Waals surface area contributed by atoms with Crippen molar-refractivity contribution in [2.45, 2.75) is 25.8 Å². The molecule has 100 valence electrons. The maximum Gasteiger partial charge on any atom is 0.134 e. The van der Waals surface area contributed by atoms with Crippen LogP contribution in [0.2, 0.25) is 0 Å². The van der Waals surface area contributed by atoms with E-state index in [1.807, 2.05) is 18.4 Å². The number of fused-ring (bicyclic) bond motifs is 2. The zero-order valence-electron chi connectivity index (χ0n) is 11.4. The van der Waals surface area contributed by atoms with Gasteiger partial charge in [0.15, 0.2) is 0 Å². The number of nitrogens with one attached hydrogen (secondary N) is 1. The lowest BCUT2D eigenvalue weighted by Gasteiger charge is -2.07. The summed E-state index contributed by atoms with van der Waals surface area (Å²) in [6.07, 6.45) is 5.61. The van der Waals surface area contributed by atoms with Crippen LogP contribution < -0.4 is 5.32 Å². The number of hydrogen-bond donors (Lipinski definition) is 1. The third-order valence-corrected chi connectivity index (χ3v) is 4.14. The summed E-state index contributed by atoms with van der Waals surface area (Å²) in [5, 5.41) is 4.70. The molecule has 0 spiro atoms. The highest BCUT2D eigenvalue weighted by atomic mass is 16.3. The topological polar surface area (TPSA) is 25.2 Å². The van der Waals surface area contributed by atoms with Crippen LogP contribution in [-0.4, -0.2) is 0 Å². The molecule has 3 aromatic rings. The highest BCUT2D eigenvalue weighted by Gasteiger charge is 2.11. The number of hydrogen-bond acceptors (Lipinski definition) is 2. The molecule has 1 aliphatic carbocycles. The van der Waals surface area contributed by atoms with Crippen molar-refractivity contribution in [1.82, 2.24) is 0 Å². The lowest BCUT2D eigenvalue weighted by molar-refractivity contribution is 0.611. The average molecular weight is 263 g/mol. The third kappa shape index (κ3) is 1.97. The summed E-state index contributed by atoms with van der Waals surface area (Å²) in [5.74, 6) is 0. The number of rotatable bonds is 3. The fraction of sp³-hybridized carbons (Fsp3) is 0.222. The van der Waals surface area contributed by atoms with E-state index in [2.05, 4.69) is 35.6 Å². The predicted octanol–water partition coefficient (Wildman–Crippen LogP) is 4.53. The molecule has 2 nitrogen and oxygen atoms in total. The molecule has 1 heterocycles. The van der Waals surface area contributed by atoms with Crippen molar-refractivity contribution in [3.05, 3.63) is 65.4 Å². The van der Waals surface area contributed by atoms with Crippen LogP contribution in [-0.2, 0) is 19.4 Å². The van der Waals surface area contributed by atoms with Gasteiger partial charge < -0.3 is 9.73 Å². The minimum absolute atomic E-state index is 0.801. The van der Waals surface area contributed by atoms with Gasteiger partial charge >= 0.3 is 0 Å². The van der Waals surface area contributed by atoms with Gasteiger partial charge in [-0.3, -0.25) is 0 Å². The minimum atomic E-state index is 0.801. The smallest absolute Gasteiger partial charge is 0.134 e. The fourth-order valence-electron chi connectivity index (χ4n) is 3.05. The Morgan fingerprint density at radius 2 is 1.90 bits per heavy atom. The Hall–Kier alpha value is -2.22. The first-order valence-corrected chi connectivity index (χ1v) is 7.21. The fourth-order valence-corrected chi connectivity index (χ4v) is 3.05. The molecule has 0 atom stereocenters. The van der Waals surface area contributed by atoms with Gasteiger partial charge in [-0.25, -0.2) is 0 Å². The molecule has 4 rings (SSSR count). The van der Waals surface area contributed by atoms with Crippen LogP contribution in [0.4, 0.5) is 5.69 Å². The van der Waals surface area contributed by atoms with Crippen molar-refractivity contribution in [2.24, 2.45) is 0 Å². The molecule has 1 N–H and O–H groups in total. The van der Waals surface area contributed by atoms with Gasteiger partial charge in [0, 0.05) is 23.2 Å². The normalized spacial score (nSPS) is 13.6. The summed E-state index contributed by atoms with van der Waals surface area (Å²) in [7, 11) is 0. The summed E-state index contributed by atoms with van der Waals surface area (Å²) < 4.78 is 5.57. The number of benzene rings is 2. The van der Waals surface area contributed by atoms with Crippen LogP contribution >= 0.6 is 0 Å². The van der Waals surface area contributed by atoms with Crippen LogP contribution in [0, 0.1) is 0 Å². The van der Waals surface area contributed by atoms with E-state index in [0.717, 1.165) is 12.1 Å². The Bertz CT molecular complexity index is 757. The Morgan fingerprint density at radius 1 is 1.00 bits per heavy atom. The molecule has 2 heteroatoms. The van der Waals surface area contributed by atoms with Gasteiger partial charge in [-0.15, -0.1) is 0 Å². The van der Waals surface area contributed by atoms with E-state index in [1.165, 1.54) is 47.0 Å². The van der Waals surface area contributed by atoms with E-state index in [9.17, 15) is 0 Å². The molecule has 0 saturated carbocycles. The second-order valence-corrected chi connectivity index (χ2v) is 5.45. The van der Waals surface area contributed by atoms with Gasteiger partial charge in [0.25, 0.3) is 0 Å². The molecule has 1 aliphatic rings. The lowest BCUT2D eigenvalue weighted by atomic mass is 10.1. The van der Waals surface area contributed by atoms with Gasteiger partial charge in [0.05, 0.1) is 6.26 Å². The molecule has 0 radical (unpaired) electrons. The molecule has 0 unspecified atom stereocenters. The standard InChI is InChI=1S/C18H17NO/c1-2-7-18-17(6-1)15(12-20-18)11-19-16-9-8-13-4-3-5-14(13)10-16/h1-2,6-10,12,19H,3-5,11H2. The minimum Gasteiger partial charge on any atom is -0.464 e. The van der Waals surface area contributed by atoms with E-state index in [-0.39, 0.29) is 0 Å². The van der Waals surface area contributed by atoms with Gasteiger partial charge in [-0.05, 0) is 48.6 Å². The molecule has 1 aromatic heterocycles. The number of aryl methyl sites for hydroxylation is 2. The van der Waals surface area contributed by atoms with Crippen molar-refractivity contribution in [3.8, 4) is 0 Å². The zero-order chi connectivity index (χ0) is 13.4. The first kappa shape index (κ1) is 11.6. The monoisotopic (exact) mass is 263 g/mol. The maximum atomic E-state index is 5.57. The number of para-hydroxylation sites is 1. The summed E-state index contributed by atoms with van der Waals surface area (Å²) in [6.45, 7) is 0.801. The van der Waals surface area contributed by atoms with Gasteiger partial charge in [-0.1, -0.05) is 24.3 Å². The molecule has 0 aliphatic heterocycles. The highest BCUT2D eigenvalue weighted by molar-refractivity contribution is 5.81. The van der Waals surface area contributed by atoms with Crippen LogP contribution in [0.3, 0.4) is 0 Å². The number of furan rings is 1. The summed E-state index contributed by atoms with van der Waals surface area (Å²) in [5.41, 5.74) is 6.40.